The standard InChI is InChI=1S/C52H30O2S/c1-3-14-31(15-4-1)47-50-43(53-51(47)32-16-5-2-6-17-32)29-28-41-49-40(23-13-24-42(49)54-52(41)50)48-38-21-9-7-19-36(38)46(37-20-8-10-22-39(37)48)33-26-27-35-34-18-11-12-25-44(34)55-45(35)30-33/h1-30H. The summed E-state index contributed by atoms with van der Waals surface area (Å²) in [4.78, 5) is 0. The lowest BCUT2D eigenvalue weighted by molar-refractivity contribution is 0.631. The molecule has 0 aliphatic heterocycles. The summed E-state index contributed by atoms with van der Waals surface area (Å²) in [6.07, 6.45) is 0. The topological polar surface area (TPSA) is 26.3 Å². The molecule has 0 radical (unpaired) electrons. The van der Waals surface area contributed by atoms with Crippen molar-refractivity contribution in [2.75, 3.05) is 0 Å². The van der Waals surface area contributed by atoms with Crippen molar-refractivity contribution in [1.29, 1.82) is 0 Å². The Morgan fingerprint density at radius 2 is 0.909 bits per heavy atom. The molecular formula is C52H30O2S. The van der Waals surface area contributed by atoms with Gasteiger partial charge >= 0.3 is 0 Å². The van der Waals surface area contributed by atoms with Crippen LogP contribution in [0.4, 0.5) is 0 Å². The second-order valence-electron chi connectivity index (χ2n) is 14.3. The summed E-state index contributed by atoms with van der Waals surface area (Å²) in [7, 11) is 0. The highest BCUT2D eigenvalue weighted by Crippen LogP contribution is 2.50. The Balaban J connectivity index is 1.16. The van der Waals surface area contributed by atoms with Crippen LogP contribution in [0.2, 0.25) is 0 Å². The van der Waals surface area contributed by atoms with Crippen LogP contribution in [0.1, 0.15) is 0 Å². The molecular weight excluding hydrogens is 689 g/mol. The molecule has 0 saturated heterocycles. The molecule has 0 saturated carbocycles. The molecule has 256 valence electrons. The maximum atomic E-state index is 6.96. The first-order valence-electron chi connectivity index (χ1n) is 18.7. The summed E-state index contributed by atoms with van der Waals surface area (Å²) < 4.78 is 16.3. The zero-order valence-electron chi connectivity index (χ0n) is 29.5. The minimum Gasteiger partial charge on any atom is -0.455 e. The summed E-state index contributed by atoms with van der Waals surface area (Å²) in [6, 6.07) is 65.2. The highest BCUT2D eigenvalue weighted by molar-refractivity contribution is 7.25. The fourth-order valence-electron chi connectivity index (χ4n) is 8.96. The second-order valence-corrected chi connectivity index (χ2v) is 15.4. The molecule has 0 bridgehead atoms. The van der Waals surface area contributed by atoms with Crippen molar-refractivity contribution in [3.8, 4) is 44.7 Å². The molecule has 0 N–H and O–H groups in total. The van der Waals surface area contributed by atoms with E-state index in [0.29, 0.717) is 0 Å². The molecule has 0 fully saturated rings. The molecule has 3 heteroatoms. The third-order valence-corrected chi connectivity index (χ3v) is 12.4. The van der Waals surface area contributed by atoms with Gasteiger partial charge in [-0.2, -0.15) is 0 Å². The maximum Gasteiger partial charge on any atom is 0.147 e. The van der Waals surface area contributed by atoms with Gasteiger partial charge < -0.3 is 8.83 Å². The van der Waals surface area contributed by atoms with Gasteiger partial charge in [-0.15, -0.1) is 11.3 Å². The van der Waals surface area contributed by atoms with E-state index >= 15 is 0 Å². The van der Waals surface area contributed by atoms with Gasteiger partial charge in [0.25, 0.3) is 0 Å². The highest BCUT2D eigenvalue weighted by atomic mass is 32.1. The Bertz CT molecular complexity index is 3420. The van der Waals surface area contributed by atoms with Gasteiger partial charge in [0.05, 0.1) is 5.39 Å². The molecule has 9 aromatic carbocycles. The molecule has 3 aromatic heterocycles. The van der Waals surface area contributed by atoms with Gasteiger partial charge in [-0.25, -0.2) is 0 Å². The van der Waals surface area contributed by atoms with Crippen molar-refractivity contribution in [2.45, 2.75) is 0 Å². The Labute approximate surface area is 320 Å². The lowest BCUT2D eigenvalue weighted by Crippen LogP contribution is -1.91. The molecule has 3 heterocycles. The number of hydrogen-bond acceptors (Lipinski definition) is 3. The normalized spacial score (nSPS) is 12.0. The van der Waals surface area contributed by atoms with Crippen LogP contribution in [0.15, 0.2) is 191 Å². The minimum absolute atomic E-state index is 0.807. The molecule has 0 aliphatic carbocycles. The molecule has 0 atom stereocenters. The second kappa shape index (κ2) is 11.8. The SMILES string of the molecule is c1ccc(-c2oc3ccc4c(oc5cccc(-c6c7ccccc7c(-c7ccc8c(c7)sc7ccccc78)c7ccccc67)c54)c3c2-c2ccccc2)cc1. The van der Waals surface area contributed by atoms with Crippen molar-refractivity contribution >= 4 is 86.0 Å². The van der Waals surface area contributed by atoms with Crippen LogP contribution < -0.4 is 0 Å². The predicted molar refractivity (Wildman–Crippen MR) is 233 cm³/mol. The molecule has 55 heavy (non-hydrogen) atoms. The van der Waals surface area contributed by atoms with E-state index in [9.17, 15) is 0 Å². The monoisotopic (exact) mass is 718 g/mol. The molecule has 0 amide bonds. The summed E-state index contributed by atoms with van der Waals surface area (Å²) in [5.74, 6) is 0.844. The van der Waals surface area contributed by atoms with Gasteiger partial charge in [0.1, 0.15) is 22.5 Å². The molecule has 12 rings (SSSR count). The summed E-state index contributed by atoms with van der Waals surface area (Å²) >= 11 is 1.87. The summed E-state index contributed by atoms with van der Waals surface area (Å²) in [5, 5.41) is 10.7. The third-order valence-electron chi connectivity index (χ3n) is 11.3. The third kappa shape index (κ3) is 4.48. The number of hydrogen-bond donors (Lipinski definition) is 0. The zero-order valence-corrected chi connectivity index (χ0v) is 30.4. The van der Waals surface area contributed by atoms with E-state index < -0.39 is 0 Å². The Hall–Kier alpha value is -6.94. The van der Waals surface area contributed by atoms with Crippen LogP contribution >= 0.6 is 11.3 Å². The Kier molecular flexibility index (Phi) is 6.54. The smallest absolute Gasteiger partial charge is 0.147 e. The van der Waals surface area contributed by atoms with Gasteiger partial charge in [0.15, 0.2) is 0 Å². The first kappa shape index (κ1) is 30.5. The lowest BCUT2D eigenvalue weighted by atomic mass is 9.85. The largest absolute Gasteiger partial charge is 0.455 e. The Morgan fingerprint density at radius 3 is 1.64 bits per heavy atom. The lowest BCUT2D eigenvalue weighted by Gasteiger charge is -2.18. The average molecular weight is 719 g/mol. The van der Waals surface area contributed by atoms with Crippen molar-refractivity contribution in [1.82, 2.24) is 0 Å². The van der Waals surface area contributed by atoms with Crippen LogP contribution in [0.5, 0.6) is 0 Å². The summed E-state index contributed by atoms with van der Waals surface area (Å²) in [5.41, 5.74) is 10.5. The van der Waals surface area contributed by atoms with E-state index in [0.717, 1.165) is 60.9 Å². The van der Waals surface area contributed by atoms with Gasteiger partial charge in [0.2, 0.25) is 0 Å². The molecule has 2 nitrogen and oxygen atoms in total. The van der Waals surface area contributed by atoms with Crippen LogP contribution in [0.3, 0.4) is 0 Å². The van der Waals surface area contributed by atoms with Crippen molar-refractivity contribution in [2.24, 2.45) is 0 Å². The molecule has 0 spiro atoms. The number of thiophene rings is 1. The van der Waals surface area contributed by atoms with Crippen molar-refractivity contribution in [3.63, 3.8) is 0 Å². The van der Waals surface area contributed by atoms with Gasteiger partial charge in [-0.3, -0.25) is 0 Å². The molecule has 0 aliphatic rings. The maximum absolute atomic E-state index is 6.96. The van der Waals surface area contributed by atoms with Crippen LogP contribution in [0, 0.1) is 0 Å². The van der Waals surface area contributed by atoms with E-state index in [1.54, 1.807) is 0 Å². The number of furan rings is 2. The van der Waals surface area contributed by atoms with E-state index in [1.165, 1.54) is 58.4 Å². The van der Waals surface area contributed by atoms with Gasteiger partial charge in [-0.05, 0) is 79.7 Å². The molecule has 12 aromatic rings. The van der Waals surface area contributed by atoms with Crippen LogP contribution in [-0.4, -0.2) is 0 Å². The van der Waals surface area contributed by atoms with Crippen LogP contribution in [-0.2, 0) is 0 Å². The number of fused-ring (bicyclic) bond motifs is 10. The first-order chi connectivity index (χ1) is 27.3. The van der Waals surface area contributed by atoms with Gasteiger partial charge in [-0.1, -0.05) is 152 Å². The zero-order chi connectivity index (χ0) is 36.0. The van der Waals surface area contributed by atoms with Gasteiger partial charge in [0, 0.05) is 42.1 Å². The van der Waals surface area contributed by atoms with E-state index in [-0.39, 0.29) is 0 Å². The number of rotatable bonds is 4. The quantitative estimate of drug-likeness (QED) is 0.169. The summed E-state index contributed by atoms with van der Waals surface area (Å²) in [6.45, 7) is 0. The minimum atomic E-state index is 0.807. The molecule has 0 unspecified atom stereocenters. The van der Waals surface area contributed by atoms with E-state index in [1.807, 2.05) is 17.4 Å². The van der Waals surface area contributed by atoms with Crippen molar-refractivity contribution < 1.29 is 8.83 Å². The average Bonchev–Trinajstić information content (AvgIpc) is 3.95. The fraction of sp³-hybridized carbons (Fsp3) is 0. The Morgan fingerprint density at radius 1 is 0.327 bits per heavy atom. The first-order valence-corrected chi connectivity index (χ1v) is 19.5. The van der Waals surface area contributed by atoms with E-state index in [2.05, 4.69) is 176 Å². The number of benzene rings is 9. The van der Waals surface area contributed by atoms with Crippen molar-refractivity contribution in [3.05, 3.63) is 182 Å². The highest BCUT2D eigenvalue weighted by Gasteiger charge is 2.25. The van der Waals surface area contributed by atoms with E-state index in [4.69, 9.17) is 8.83 Å². The predicted octanol–water partition coefficient (Wildman–Crippen LogP) is 15.7. The van der Waals surface area contributed by atoms with Crippen LogP contribution in [0.25, 0.3) is 119 Å². The fourth-order valence-corrected chi connectivity index (χ4v) is 10.1.